The zero-order valence-corrected chi connectivity index (χ0v) is 21.3. The highest BCUT2D eigenvalue weighted by Gasteiger charge is 2.21. The topological polar surface area (TPSA) is 38.9 Å². The predicted molar refractivity (Wildman–Crippen MR) is 156 cm³/mol. The lowest BCUT2D eigenvalue weighted by atomic mass is 9.84. The maximum absolute atomic E-state index is 6.29. The van der Waals surface area contributed by atoms with Crippen LogP contribution in [0.15, 0.2) is 94.9 Å². The van der Waals surface area contributed by atoms with Gasteiger partial charge >= 0.3 is 0 Å². The molecule has 0 aliphatic heterocycles. The standard InChI is InChI=1S/C35H26N2O/c1-21-19-29(37-35(36-21)22-9-3-2-4-10-22)24-12-5-11-23(20-24)25-13-6-14-26-27-15-7-17-30-33(27)34-28(32(25)26)16-8-18-31(34)38-30/h2-4,7-10,12,14-20H,5-6,11,13H2,1H3. The van der Waals surface area contributed by atoms with Gasteiger partial charge in [-0.3, -0.25) is 0 Å². The molecule has 0 unspecified atom stereocenters. The largest absolute Gasteiger partial charge is 0.456 e. The smallest absolute Gasteiger partial charge is 0.160 e. The average Bonchev–Trinajstić information content (AvgIpc) is 3.36. The second-order valence-corrected chi connectivity index (χ2v) is 10.4. The molecule has 0 saturated heterocycles. The quantitative estimate of drug-likeness (QED) is 0.242. The van der Waals surface area contributed by atoms with E-state index in [4.69, 9.17) is 14.4 Å². The second kappa shape index (κ2) is 8.26. The Morgan fingerprint density at radius 1 is 0.737 bits per heavy atom. The highest BCUT2D eigenvalue weighted by molar-refractivity contribution is 6.22. The lowest BCUT2D eigenvalue weighted by Gasteiger charge is -2.21. The molecular weight excluding hydrogens is 464 g/mol. The summed E-state index contributed by atoms with van der Waals surface area (Å²) < 4.78 is 6.29. The Morgan fingerprint density at radius 3 is 2.34 bits per heavy atom. The summed E-state index contributed by atoms with van der Waals surface area (Å²) in [5.41, 5.74) is 9.08. The molecule has 2 aromatic heterocycles. The summed E-state index contributed by atoms with van der Waals surface area (Å²) in [6.07, 6.45) is 11.3. The molecule has 3 nitrogen and oxygen atoms in total. The minimum Gasteiger partial charge on any atom is -0.456 e. The molecular formula is C35H26N2O. The van der Waals surface area contributed by atoms with Gasteiger partial charge in [0.15, 0.2) is 5.82 Å². The minimum atomic E-state index is 0.784. The molecule has 0 N–H and O–H groups in total. The molecule has 2 aliphatic carbocycles. The van der Waals surface area contributed by atoms with Gasteiger partial charge in [-0.05, 0) is 94.8 Å². The van der Waals surface area contributed by atoms with E-state index in [-0.39, 0.29) is 0 Å². The van der Waals surface area contributed by atoms with Gasteiger partial charge in [0.25, 0.3) is 0 Å². The highest BCUT2D eigenvalue weighted by atomic mass is 16.3. The van der Waals surface area contributed by atoms with Crippen LogP contribution in [0.25, 0.3) is 61.3 Å². The molecule has 0 spiro atoms. The Bertz CT molecular complexity index is 2080. The molecule has 0 saturated carbocycles. The molecule has 4 aromatic carbocycles. The lowest BCUT2D eigenvalue weighted by molar-refractivity contribution is 0.669. The van der Waals surface area contributed by atoms with Crippen molar-refractivity contribution in [1.82, 2.24) is 9.97 Å². The van der Waals surface area contributed by atoms with Crippen molar-refractivity contribution in [2.45, 2.75) is 32.6 Å². The van der Waals surface area contributed by atoms with Crippen LogP contribution in [-0.4, -0.2) is 9.97 Å². The van der Waals surface area contributed by atoms with E-state index in [2.05, 4.69) is 79.7 Å². The van der Waals surface area contributed by atoms with Crippen molar-refractivity contribution < 1.29 is 4.42 Å². The minimum absolute atomic E-state index is 0.784. The fraction of sp³-hybridized carbons (Fsp3) is 0.143. The molecule has 0 fully saturated rings. The third kappa shape index (κ3) is 3.21. The van der Waals surface area contributed by atoms with Crippen molar-refractivity contribution in [3.63, 3.8) is 0 Å². The van der Waals surface area contributed by atoms with Crippen molar-refractivity contribution in [3.8, 4) is 11.4 Å². The van der Waals surface area contributed by atoms with Gasteiger partial charge in [-0.25, -0.2) is 9.97 Å². The molecule has 3 heteroatoms. The van der Waals surface area contributed by atoms with Crippen LogP contribution in [0.2, 0.25) is 0 Å². The van der Waals surface area contributed by atoms with Crippen LogP contribution in [0.5, 0.6) is 0 Å². The molecule has 8 rings (SSSR count). The summed E-state index contributed by atoms with van der Waals surface area (Å²) in [5.74, 6) is 0.784. The van der Waals surface area contributed by atoms with Crippen LogP contribution in [-0.2, 0) is 0 Å². The number of hydrogen-bond acceptors (Lipinski definition) is 3. The zero-order valence-electron chi connectivity index (χ0n) is 21.3. The Morgan fingerprint density at radius 2 is 1.50 bits per heavy atom. The highest BCUT2D eigenvalue weighted by Crippen LogP contribution is 2.37. The Kier molecular flexibility index (Phi) is 4.69. The number of fused-ring (bicyclic) bond motifs is 3. The molecule has 0 radical (unpaired) electrons. The summed E-state index contributed by atoms with van der Waals surface area (Å²) in [4.78, 5) is 9.74. The molecule has 6 aromatic rings. The Hall–Kier alpha value is -4.50. The molecule has 2 heterocycles. The molecule has 2 aliphatic rings. The maximum atomic E-state index is 6.29. The fourth-order valence-electron chi connectivity index (χ4n) is 6.47. The Labute approximate surface area is 220 Å². The number of aryl methyl sites for hydroxylation is 1. The van der Waals surface area contributed by atoms with Crippen LogP contribution < -0.4 is 10.4 Å². The van der Waals surface area contributed by atoms with Crippen LogP contribution in [0.3, 0.4) is 0 Å². The van der Waals surface area contributed by atoms with Crippen molar-refractivity contribution in [3.05, 3.63) is 112 Å². The van der Waals surface area contributed by atoms with Crippen molar-refractivity contribution in [1.29, 1.82) is 0 Å². The van der Waals surface area contributed by atoms with E-state index < -0.39 is 0 Å². The van der Waals surface area contributed by atoms with Crippen LogP contribution >= 0.6 is 0 Å². The zero-order chi connectivity index (χ0) is 25.2. The fourth-order valence-corrected chi connectivity index (χ4v) is 6.47. The maximum Gasteiger partial charge on any atom is 0.160 e. The van der Waals surface area contributed by atoms with Crippen LogP contribution in [0, 0.1) is 6.92 Å². The van der Waals surface area contributed by atoms with Gasteiger partial charge in [0.1, 0.15) is 11.2 Å². The number of hydrogen-bond donors (Lipinski definition) is 0. The normalized spacial score (nSPS) is 15.6. The van der Waals surface area contributed by atoms with Gasteiger partial charge in [0, 0.05) is 22.0 Å². The summed E-state index contributed by atoms with van der Waals surface area (Å²) >= 11 is 0. The van der Waals surface area contributed by atoms with Gasteiger partial charge in [0.2, 0.25) is 0 Å². The van der Waals surface area contributed by atoms with E-state index in [0.29, 0.717) is 0 Å². The Balaban J connectivity index is 1.36. The summed E-state index contributed by atoms with van der Waals surface area (Å²) in [6.45, 7) is 2.06. The number of allylic oxidation sites excluding steroid dienone is 4. The van der Waals surface area contributed by atoms with Gasteiger partial charge in [-0.2, -0.15) is 0 Å². The molecule has 0 amide bonds. The van der Waals surface area contributed by atoms with E-state index in [9.17, 15) is 0 Å². The first-order valence-electron chi connectivity index (χ1n) is 13.5. The predicted octanol–water partition coefficient (Wildman–Crippen LogP) is 7.47. The number of furan rings is 1. The van der Waals surface area contributed by atoms with Gasteiger partial charge < -0.3 is 4.42 Å². The average molecular weight is 491 g/mol. The van der Waals surface area contributed by atoms with Crippen LogP contribution in [0.1, 0.15) is 37.1 Å². The lowest BCUT2D eigenvalue weighted by Crippen LogP contribution is -2.32. The summed E-state index contributed by atoms with van der Waals surface area (Å²) in [7, 11) is 0. The number of nitrogens with zero attached hydrogens (tertiary/aromatic N) is 2. The first-order valence-corrected chi connectivity index (χ1v) is 13.5. The summed E-state index contributed by atoms with van der Waals surface area (Å²) in [6, 6.07) is 25.4. The number of rotatable bonds is 3. The van der Waals surface area contributed by atoms with E-state index in [1.54, 1.807) is 0 Å². The van der Waals surface area contributed by atoms with Crippen molar-refractivity contribution in [2.75, 3.05) is 0 Å². The first kappa shape index (κ1) is 21.6. The number of benzene rings is 4. The van der Waals surface area contributed by atoms with E-state index in [1.807, 2.05) is 18.2 Å². The van der Waals surface area contributed by atoms with E-state index >= 15 is 0 Å². The third-order valence-electron chi connectivity index (χ3n) is 8.07. The van der Waals surface area contributed by atoms with Crippen molar-refractivity contribution in [2.24, 2.45) is 0 Å². The SMILES string of the molecule is Cc1cc(C2=CCCC(C3=c4c(c5cccc6oc7cccc4c7c65)=CCC3)=C2)nc(-c2ccccc2)n1. The van der Waals surface area contributed by atoms with Gasteiger partial charge in [0.05, 0.1) is 5.69 Å². The van der Waals surface area contributed by atoms with Gasteiger partial charge in [-0.1, -0.05) is 66.7 Å². The van der Waals surface area contributed by atoms with Crippen molar-refractivity contribution >= 4 is 49.9 Å². The molecule has 38 heavy (non-hydrogen) atoms. The second-order valence-electron chi connectivity index (χ2n) is 10.4. The molecule has 0 atom stereocenters. The number of aromatic nitrogens is 2. The van der Waals surface area contributed by atoms with Gasteiger partial charge in [-0.15, -0.1) is 0 Å². The van der Waals surface area contributed by atoms with E-state index in [0.717, 1.165) is 59.6 Å². The summed E-state index contributed by atoms with van der Waals surface area (Å²) in [5, 5.41) is 7.88. The first-order chi connectivity index (χ1) is 18.7. The van der Waals surface area contributed by atoms with Crippen LogP contribution in [0.4, 0.5) is 0 Å². The van der Waals surface area contributed by atoms with E-state index in [1.165, 1.54) is 48.7 Å². The molecule has 0 bridgehead atoms. The molecule has 182 valence electrons. The monoisotopic (exact) mass is 490 g/mol. The third-order valence-corrected chi connectivity index (χ3v) is 8.07.